The molecule has 0 aromatic heterocycles. The SMILES string of the molecule is O=C(c1ccccc1)C1CCN(C(C(=O)Nc2ccccc2)c2ccccc2)CC1. The molecule has 0 radical (unpaired) electrons. The number of likely N-dealkylation sites (tertiary alicyclic amines) is 1. The average Bonchev–Trinajstić information content (AvgIpc) is 2.81. The van der Waals surface area contributed by atoms with Crippen molar-refractivity contribution >= 4 is 17.4 Å². The lowest BCUT2D eigenvalue weighted by Crippen LogP contribution is -2.43. The van der Waals surface area contributed by atoms with Crippen LogP contribution in [0.3, 0.4) is 0 Å². The van der Waals surface area contributed by atoms with Gasteiger partial charge in [0.05, 0.1) is 0 Å². The lowest BCUT2D eigenvalue weighted by Gasteiger charge is -2.36. The first-order valence-corrected chi connectivity index (χ1v) is 10.5. The number of rotatable bonds is 6. The third-order valence-corrected chi connectivity index (χ3v) is 5.73. The van der Waals surface area contributed by atoms with E-state index in [1.54, 1.807) is 0 Å². The molecule has 1 atom stereocenters. The number of Topliss-reactive ketones (excluding diaryl/α,β-unsaturated/α-hetero) is 1. The minimum atomic E-state index is -0.376. The van der Waals surface area contributed by atoms with Gasteiger partial charge in [-0.05, 0) is 43.6 Å². The highest BCUT2D eigenvalue weighted by Crippen LogP contribution is 2.29. The quantitative estimate of drug-likeness (QED) is 0.597. The van der Waals surface area contributed by atoms with E-state index in [0.29, 0.717) is 13.1 Å². The zero-order valence-electron chi connectivity index (χ0n) is 16.9. The molecule has 4 nitrogen and oxygen atoms in total. The van der Waals surface area contributed by atoms with Crippen LogP contribution in [-0.4, -0.2) is 29.7 Å². The van der Waals surface area contributed by atoms with Gasteiger partial charge in [-0.15, -0.1) is 0 Å². The van der Waals surface area contributed by atoms with Crippen molar-refractivity contribution in [1.29, 1.82) is 0 Å². The predicted octanol–water partition coefficient (Wildman–Crippen LogP) is 4.96. The fourth-order valence-electron chi connectivity index (χ4n) is 4.15. The number of piperidine rings is 1. The van der Waals surface area contributed by atoms with Gasteiger partial charge in [-0.2, -0.15) is 0 Å². The molecular formula is C26H26N2O2. The second-order valence-electron chi connectivity index (χ2n) is 7.71. The number of carbonyl (C=O) groups is 2. The van der Waals surface area contributed by atoms with Crippen LogP contribution >= 0.6 is 0 Å². The second kappa shape index (κ2) is 9.51. The van der Waals surface area contributed by atoms with Crippen molar-refractivity contribution in [2.24, 2.45) is 5.92 Å². The molecule has 1 heterocycles. The van der Waals surface area contributed by atoms with Crippen molar-refractivity contribution in [2.45, 2.75) is 18.9 Å². The summed E-state index contributed by atoms with van der Waals surface area (Å²) < 4.78 is 0. The predicted molar refractivity (Wildman–Crippen MR) is 119 cm³/mol. The number of nitrogens with zero attached hydrogens (tertiary/aromatic N) is 1. The van der Waals surface area contributed by atoms with E-state index in [2.05, 4.69) is 10.2 Å². The molecule has 3 aromatic carbocycles. The van der Waals surface area contributed by atoms with Crippen molar-refractivity contribution in [2.75, 3.05) is 18.4 Å². The van der Waals surface area contributed by atoms with E-state index in [0.717, 1.165) is 29.7 Å². The van der Waals surface area contributed by atoms with Gasteiger partial charge < -0.3 is 5.32 Å². The molecule has 1 N–H and O–H groups in total. The van der Waals surface area contributed by atoms with Crippen LogP contribution in [0.5, 0.6) is 0 Å². The van der Waals surface area contributed by atoms with Gasteiger partial charge in [-0.1, -0.05) is 78.9 Å². The molecule has 0 bridgehead atoms. The molecule has 1 fully saturated rings. The molecule has 152 valence electrons. The highest BCUT2D eigenvalue weighted by Gasteiger charge is 2.33. The Morgan fingerprint density at radius 3 is 1.90 bits per heavy atom. The minimum absolute atomic E-state index is 0.0113. The summed E-state index contributed by atoms with van der Waals surface area (Å²) in [6.45, 7) is 1.43. The van der Waals surface area contributed by atoms with Crippen LogP contribution in [-0.2, 0) is 4.79 Å². The Labute approximate surface area is 177 Å². The summed E-state index contributed by atoms with van der Waals surface area (Å²) in [5.74, 6) is 0.178. The van der Waals surface area contributed by atoms with Crippen molar-refractivity contribution in [3.8, 4) is 0 Å². The number of anilines is 1. The molecule has 4 heteroatoms. The van der Waals surface area contributed by atoms with Gasteiger partial charge in [0.2, 0.25) is 5.91 Å². The van der Waals surface area contributed by atoms with Crippen LogP contribution in [0.15, 0.2) is 91.0 Å². The van der Waals surface area contributed by atoms with Crippen molar-refractivity contribution in [3.05, 3.63) is 102 Å². The Bertz CT molecular complexity index is 966. The lowest BCUT2D eigenvalue weighted by atomic mass is 9.87. The summed E-state index contributed by atoms with van der Waals surface area (Å²) in [5.41, 5.74) is 2.54. The van der Waals surface area contributed by atoms with Crippen LogP contribution in [0.1, 0.15) is 34.8 Å². The molecular weight excluding hydrogens is 372 g/mol. The van der Waals surface area contributed by atoms with Crippen LogP contribution in [0, 0.1) is 5.92 Å². The van der Waals surface area contributed by atoms with Crippen LogP contribution in [0.2, 0.25) is 0 Å². The van der Waals surface area contributed by atoms with E-state index in [4.69, 9.17) is 0 Å². The fraction of sp³-hybridized carbons (Fsp3) is 0.231. The molecule has 0 spiro atoms. The molecule has 0 aliphatic carbocycles. The van der Waals surface area contributed by atoms with Crippen LogP contribution in [0.25, 0.3) is 0 Å². The Morgan fingerprint density at radius 1 is 0.767 bits per heavy atom. The molecule has 4 rings (SSSR count). The monoisotopic (exact) mass is 398 g/mol. The number of carbonyl (C=O) groups excluding carboxylic acids is 2. The van der Waals surface area contributed by atoms with Gasteiger partial charge in [0.15, 0.2) is 5.78 Å². The maximum absolute atomic E-state index is 13.2. The first-order chi connectivity index (χ1) is 14.7. The van der Waals surface area contributed by atoms with Gasteiger partial charge in [-0.25, -0.2) is 0 Å². The summed E-state index contributed by atoms with van der Waals surface area (Å²) in [6, 6.07) is 28.5. The summed E-state index contributed by atoms with van der Waals surface area (Å²) in [4.78, 5) is 28.2. The number of ketones is 1. The highest BCUT2D eigenvalue weighted by molar-refractivity contribution is 5.98. The Kier molecular flexibility index (Phi) is 6.35. The normalized spacial score (nSPS) is 16.0. The number of hydrogen-bond acceptors (Lipinski definition) is 3. The lowest BCUT2D eigenvalue weighted by molar-refractivity contribution is -0.122. The standard InChI is InChI=1S/C26H26N2O2/c29-25(21-12-6-2-7-13-21)22-16-18-28(19-17-22)24(20-10-4-1-5-11-20)26(30)27-23-14-8-3-9-15-23/h1-15,22,24H,16-19H2,(H,27,30). The Hall–Kier alpha value is -3.24. The highest BCUT2D eigenvalue weighted by atomic mass is 16.2. The van der Waals surface area contributed by atoms with E-state index in [1.165, 1.54) is 0 Å². The third kappa shape index (κ3) is 4.66. The van der Waals surface area contributed by atoms with Gasteiger partial charge >= 0.3 is 0 Å². The van der Waals surface area contributed by atoms with Gasteiger partial charge in [0.25, 0.3) is 0 Å². The average molecular weight is 399 g/mol. The van der Waals surface area contributed by atoms with Crippen molar-refractivity contribution < 1.29 is 9.59 Å². The molecule has 1 aliphatic heterocycles. The number of nitrogens with one attached hydrogen (secondary N) is 1. The first-order valence-electron chi connectivity index (χ1n) is 10.5. The zero-order chi connectivity index (χ0) is 20.8. The van der Waals surface area contributed by atoms with Crippen molar-refractivity contribution in [3.63, 3.8) is 0 Å². The maximum Gasteiger partial charge on any atom is 0.246 e. The first kappa shape index (κ1) is 20.0. The summed E-state index contributed by atoms with van der Waals surface area (Å²) in [7, 11) is 0. The Morgan fingerprint density at radius 2 is 1.30 bits per heavy atom. The van der Waals surface area contributed by atoms with Gasteiger partial charge in [0.1, 0.15) is 6.04 Å². The van der Waals surface area contributed by atoms with E-state index < -0.39 is 0 Å². The van der Waals surface area contributed by atoms with E-state index in [9.17, 15) is 9.59 Å². The minimum Gasteiger partial charge on any atom is -0.324 e. The second-order valence-corrected chi connectivity index (χ2v) is 7.71. The number of benzene rings is 3. The van der Waals surface area contributed by atoms with E-state index in [1.807, 2.05) is 91.0 Å². The number of hydrogen-bond donors (Lipinski definition) is 1. The van der Waals surface area contributed by atoms with E-state index in [-0.39, 0.29) is 23.7 Å². The molecule has 30 heavy (non-hydrogen) atoms. The number of amides is 1. The molecule has 1 saturated heterocycles. The van der Waals surface area contributed by atoms with Gasteiger partial charge in [0, 0.05) is 17.2 Å². The largest absolute Gasteiger partial charge is 0.324 e. The van der Waals surface area contributed by atoms with Crippen LogP contribution in [0.4, 0.5) is 5.69 Å². The fourth-order valence-corrected chi connectivity index (χ4v) is 4.15. The summed E-state index contributed by atoms with van der Waals surface area (Å²) in [5, 5.41) is 3.05. The molecule has 1 aliphatic rings. The zero-order valence-corrected chi connectivity index (χ0v) is 16.9. The van der Waals surface area contributed by atoms with Crippen LogP contribution < -0.4 is 5.32 Å². The smallest absolute Gasteiger partial charge is 0.246 e. The molecule has 1 amide bonds. The van der Waals surface area contributed by atoms with Gasteiger partial charge in [-0.3, -0.25) is 14.5 Å². The number of para-hydroxylation sites is 1. The summed E-state index contributed by atoms with van der Waals surface area (Å²) in [6.07, 6.45) is 1.52. The molecule has 3 aromatic rings. The van der Waals surface area contributed by atoms with E-state index >= 15 is 0 Å². The topological polar surface area (TPSA) is 49.4 Å². The third-order valence-electron chi connectivity index (χ3n) is 5.73. The molecule has 1 unspecified atom stereocenters. The van der Waals surface area contributed by atoms with Crippen molar-refractivity contribution in [1.82, 2.24) is 4.90 Å². The molecule has 0 saturated carbocycles. The summed E-state index contributed by atoms with van der Waals surface area (Å²) >= 11 is 0. The Balaban J connectivity index is 1.48. The maximum atomic E-state index is 13.2.